The maximum Gasteiger partial charge on any atom is 0.266 e. The molecule has 0 aliphatic heterocycles. The van der Waals surface area contributed by atoms with Gasteiger partial charge in [0, 0.05) is 20.2 Å². The van der Waals surface area contributed by atoms with Crippen molar-refractivity contribution >= 4 is 65.5 Å². The number of hydrogen-bond donors (Lipinski definition) is 1. The van der Waals surface area contributed by atoms with E-state index in [4.69, 9.17) is 4.74 Å². The quantitative estimate of drug-likeness (QED) is 0.387. The van der Waals surface area contributed by atoms with Gasteiger partial charge in [0.1, 0.15) is 17.4 Å². The van der Waals surface area contributed by atoms with Crippen molar-refractivity contribution in [3.8, 4) is 11.8 Å². The van der Waals surface area contributed by atoms with Gasteiger partial charge in [-0.3, -0.25) is 4.79 Å². The predicted molar refractivity (Wildman–Crippen MR) is 109 cm³/mol. The number of ether oxygens (including phenoxy) is 1. The fourth-order valence-electron chi connectivity index (χ4n) is 2.02. The van der Waals surface area contributed by atoms with Gasteiger partial charge in [0.15, 0.2) is 0 Å². The third-order valence-electron chi connectivity index (χ3n) is 3.09. The second-order valence-corrected chi connectivity index (χ2v) is 7.56. The molecule has 0 bridgehead atoms. The molecule has 0 aliphatic carbocycles. The van der Waals surface area contributed by atoms with E-state index in [2.05, 4.69) is 53.1 Å². The predicted octanol–water partition coefficient (Wildman–Crippen LogP) is 5.92. The Bertz CT molecular complexity index is 856. The van der Waals surface area contributed by atoms with Crippen molar-refractivity contribution in [3.63, 3.8) is 0 Å². The minimum atomic E-state index is -0.483. The van der Waals surface area contributed by atoms with Crippen LogP contribution in [0.2, 0.25) is 0 Å². The van der Waals surface area contributed by atoms with E-state index in [1.807, 2.05) is 31.2 Å². The Morgan fingerprint density at radius 2 is 1.88 bits per heavy atom. The minimum absolute atomic E-state index is 0.0196. The van der Waals surface area contributed by atoms with Crippen LogP contribution in [-0.2, 0) is 4.79 Å². The molecule has 4 nitrogen and oxygen atoms in total. The summed E-state index contributed by atoms with van der Waals surface area (Å²) in [7, 11) is 0. The first-order valence-corrected chi connectivity index (χ1v) is 9.63. The molecule has 128 valence electrons. The topological polar surface area (TPSA) is 62.1 Å². The van der Waals surface area contributed by atoms with Gasteiger partial charge in [0.25, 0.3) is 5.91 Å². The average Bonchev–Trinajstić information content (AvgIpc) is 2.57. The number of carbonyl (C=O) groups is 1. The molecule has 25 heavy (non-hydrogen) atoms. The highest BCUT2D eigenvalue weighted by Gasteiger charge is 2.14. The molecule has 7 heteroatoms. The van der Waals surface area contributed by atoms with Crippen LogP contribution in [0, 0.1) is 11.3 Å². The number of benzene rings is 2. The summed E-state index contributed by atoms with van der Waals surface area (Å²) in [6.45, 7) is 2.33. The third-order valence-corrected chi connectivity index (χ3v) is 4.67. The van der Waals surface area contributed by atoms with Gasteiger partial charge >= 0.3 is 0 Å². The van der Waals surface area contributed by atoms with Crippen molar-refractivity contribution in [2.75, 3.05) is 11.9 Å². The SMILES string of the molecule is CCOc1c(Br)cc(Br)cc1/C=C(\C#N)C(=O)Nc1ccc(Br)cc1. The van der Waals surface area contributed by atoms with Crippen LogP contribution < -0.4 is 10.1 Å². The van der Waals surface area contributed by atoms with Crippen LogP contribution in [0.4, 0.5) is 5.69 Å². The number of nitrogens with zero attached hydrogens (tertiary/aromatic N) is 1. The van der Waals surface area contributed by atoms with Crippen LogP contribution in [0.25, 0.3) is 6.08 Å². The highest BCUT2D eigenvalue weighted by Crippen LogP contribution is 2.34. The highest BCUT2D eigenvalue weighted by molar-refractivity contribution is 9.11. The molecule has 0 aliphatic rings. The van der Waals surface area contributed by atoms with E-state index in [0.29, 0.717) is 23.6 Å². The fourth-order valence-corrected chi connectivity index (χ4v) is 3.66. The summed E-state index contributed by atoms with van der Waals surface area (Å²) in [6.07, 6.45) is 1.51. The van der Waals surface area contributed by atoms with Crippen molar-refractivity contribution in [2.45, 2.75) is 6.92 Å². The van der Waals surface area contributed by atoms with Gasteiger partial charge in [-0.15, -0.1) is 0 Å². The normalized spacial score (nSPS) is 10.9. The van der Waals surface area contributed by atoms with Gasteiger partial charge in [-0.2, -0.15) is 5.26 Å². The third kappa shape index (κ3) is 5.43. The van der Waals surface area contributed by atoms with Crippen LogP contribution in [0.5, 0.6) is 5.75 Å². The fraction of sp³-hybridized carbons (Fsp3) is 0.111. The van der Waals surface area contributed by atoms with E-state index < -0.39 is 5.91 Å². The smallest absolute Gasteiger partial charge is 0.266 e. The lowest BCUT2D eigenvalue weighted by Gasteiger charge is -2.11. The molecule has 0 unspecified atom stereocenters. The number of rotatable bonds is 5. The lowest BCUT2D eigenvalue weighted by atomic mass is 10.1. The standard InChI is InChI=1S/C18H13Br3N2O2/c1-2-25-17-11(8-14(20)9-16(17)21)7-12(10-22)18(24)23-15-5-3-13(19)4-6-15/h3-9H,2H2,1H3,(H,23,24)/b12-7+. The molecule has 0 atom stereocenters. The average molecular weight is 529 g/mol. The number of nitriles is 1. The van der Waals surface area contributed by atoms with E-state index in [0.717, 1.165) is 13.4 Å². The molecule has 1 N–H and O–H groups in total. The Kier molecular flexibility index (Phi) is 7.24. The van der Waals surface area contributed by atoms with E-state index in [-0.39, 0.29) is 5.57 Å². The summed E-state index contributed by atoms with van der Waals surface area (Å²) in [5.41, 5.74) is 1.22. The Balaban J connectivity index is 2.35. The van der Waals surface area contributed by atoms with Crippen LogP contribution in [-0.4, -0.2) is 12.5 Å². The Morgan fingerprint density at radius 3 is 2.48 bits per heavy atom. The van der Waals surface area contributed by atoms with E-state index in [1.54, 1.807) is 18.2 Å². The second kappa shape index (κ2) is 9.18. The van der Waals surface area contributed by atoms with Crippen molar-refractivity contribution in [2.24, 2.45) is 0 Å². The van der Waals surface area contributed by atoms with E-state index >= 15 is 0 Å². The first-order valence-electron chi connectivity index (χ1n) is 7.25. The number of anilines is 1. The first kappa shape index (κ1) is 19.7. The number of nitrogens with one attached hydrogen (secondary N) is 1. The van der Waals surface area contributed by atoms with Crippen LogP contribution >= 0.6 is 47.8 Å². The molecule has 0 fully saturated rings. The maximum atomic E-state index is 12.4. The van der Waals surface area contributed by atoms with Gasteiger partial charge in [0.2, 0.25) is 0 Å². The summed E-state index contributed by atoms with van der Waals surface area (Å²) < 4.78 is 8.07. The molecule has 0 saturated carbocycles. The number of amides is 1. The van der Waals surface area contributed by atoms with Crippen molar-refractivity contribution in [1.82, 2.24) is 0 Å². The summed E-state index contributed by atoms with van der Waals surface area (Å²) in [5, 5.41) is 12.1. The summed E-state index contributed by atoms with van der Waals surface area (Å²) in [4.78, 5) is 12.4. The number of hydrogen-bond acceptors (Lipinski definition) is 3. The van der Waals surface area contributed by atoms with Crippen LogP contribution in [0.3, 0.4) is 0 Å². The number of carbonyl (C=O) groups excluding carboxylic acids is 1. The molecule has 1 amide bonds. The first-order chi connectivity index (χ1) is 11.9. The lowest BCUT2D eigenvalue weighted by Crippen LogP contribution is -2.13. The molecule has 0 aromatic heterocycles. The summed E-state index contributed by atoms with van der Waals surface area (Å²) >= 11 is 10.2. The monoisotopic (exact) mass is 526 g/mol. The summed E-state index contributed by atoms with van der Waals surface area (Å²) in [6, 6.07) is 12.7. The van der Waals surface area contributed by atoms with Gasteiger partial charge in [0.05, 0.1) is 11.1 Å². The maximum absolute atomic E-state index is 12.4. The molecule has 0 heterocycles. The second-order valence-electron chi connectivity index (χ2n) is 4.87. The molecular weight excluding hydrogens is 516 g/mol. The molecule has 0 radical (unpaired) electrons. The molecular formula is C18H13Br3N2O2. The van der Waals surface area contributed by atoms with Gasteiger partial charge in [-0.25, -0.2) is 0 Å². The molecule has 2 aromatic carbocycles. The van der Waals surface area contributed by atoms with Gasteiger partial charge in [-0.05, 0) is 65.3 Å². The van der Waals surface area contributed by atoms with Crippen molar-refractivity contribution < 1.29 is 9.53 Å². The van der Waals surface area contributed by atoms with Crippen LogP contribution in [0.1, 0.15) is 12.5 Å². The molecule has 0 saturated heterocycles. The largest absolute Gasteiger partial charge is 0.492 e. The highest BCUT2D eigenvalue weighted by atomic mass is 79.9. The zero-order valence-corrected chi connectivity index (χ0v) is 17.9. The van der Waals surface area contributed by atoms with Gasteiger partial charge in [-0.1, -0.05) is 31.9 Å². The number of halogens is 3. The van der Waals surface area contributed by atoms with Gasteiger partial charge < -0.3 is 10.1 Å². The van der Waals surface area contributed by atoms with E-state index in [9.17, 15) is 10.1 Å². The van der Waals surface area contributed by atoms with Crippen molar-refractivity contribution in [3.05, 3.63) is 61.0 Å². The molecule has 2 rings (SSSR count). The Hall–Kier alpha value is -1.62. The minimum Gasteiger partial charge on any atom is -0.492 e. The van der Waals surface area contributed by atoms with E-state index in [1.165, 1.54) is 6.08 Å². The Morgan fingerprint density at radius 1 is 1.20 bits per heavy atom. The Labute approximate surface area is 171 Å². The lowest BCUT2D eigenvalue weighted by molar-refractivity contribution is -0.112. The van der Waals surface area contributed by atoms with Crippen LogP contribution in [0.15, 0.2) is 55.4 Å². The molecule has 0 spiro atoms. The van der Waals surface area contributed by atoms with Crippen molar-refractivity contribution in [1.29, 1.82) is 5.26 Å². The zero-order chi connectivity index (χ0) is 18.4. The summed E-state index contributed by atoms with van der Waals surface area (Å²) in [5.74, 6) is 0.0956. The molecule has 2 aromatic rings. The zero-order valence-electron chi connectivity index (χ0n) is 13.1.